The second-order valence-corrected chi connectivity index (χ2v) is 9.19. The molecule has 31 heavy (non-hydrogen) atoms. The van der Waals surface area contributed by atoms with Crippen LogP contribution in [0.15, 0.2) is 29.3 Å². The summed E-state index contributed by atoms with van der Waals surface area (Å²) in [7, 11) is 4.06. The van der Waals surface area contributed by atoms with Gasteiger partial charge in [-0.25, -0.2) is 0 Å². The van der Waals surface area contributed by atoms with E-state index in [0.717, 1.165) is 64.6 Å². The van der Waals surface area contributed by atoms with Gasteiger partial charge >= 0.3 is 0 Å². The molecule has 0 radical (unpaired) electrons. The van der Waals surface area contributed by atoms with Gasteiger partial charge in [0.1, 0.15) is 0 Å². The highest BCUT2D eigenvalue weighted by molar-refractivity contribution is 5.80. The van der Waals surface area contributed by atoms with E-state index in [0.29, 0.717) is 18.2 Å². The zero-order valence-corrected chi connectivity index (χ0v) is 20.0. The van der Waals surface area contributed by atoms with Crippen molar-refractivity contribution in [1.29, 1.82) is 0 Å². The molecule has 2 aliphatic rings. The van der Waals surface area contributed by atoms with Gasteiger partial charge in [0.2, 0.25) is 0 Å². The Morgan fingerprint density at radius 3 is 2.58 bits per heavy atom. The lowest BCUT2D eigenvalue weighted by Gasteiger charge is -2.35. The van der Waals surface area contributed by atoms with E-state index in [-0.39, 0.29) is 0 Å². The molecule has 2 saturated heterocycles. The molecule has 1 unspecified atom stereocenters. The number of hydrogen-bond donors (Lipinski definition) is 1. The fraction of sp³-hybridized carbons (Fsp3) is 0.720. The fourth-order valence-electron chi connectivity index (χ4n) is 4.26. The van der Waals surface area contributed by atoms with Crippen molar-refractivity contribution in [1.82, 2.24) is 15.1 Å². The Morgan fingerprint density at radius 2 is 1.94 bits per heavy atom. The van der Waals surface area contributed by atoms with E-state index in [9.17, 15) is 0 Å². The normalized spacial score (nSPS) is 21.2. The first-order valence-corrected chi connectivity index (χ1v) is 12.0. The zero-order chi connectivity index (χ0) is 22.1. The number of rotatable bonds is 8. The Kier molecular flexibility index (Phi) is 9.62. The van der Waals surface area contributed by atoms with Gasteiger partial charge in [0, 0.05) is 45.9 Å². The molecule has 0 spiro atoms. The van der Waals surface area contributed by atoms with Crippen molar-refractivity contribution in [3.05, 3.63) is 35.4 Å². The van der Waals surface area contributed by atoms with Crippen molar-refractivity contribution >= 4 is 5.96 Å². The Hall–Kier alpha value is -1.63. The molecule has 1 aromatic rings. The molecule has 2 fully saturated rings. The number of nitrogens with one attached hydrogen (secondary N) is 1. The molecule has 0 aromatic heterocycles. The number of hydrogen-bond acceptors (Lipinski definition) is 4. The van der Waals surface area contributed by atoms with Gasteiger partial charge in [-0.1, -0.05) is 24.3 Å². The van der Waals surface area contributed by atoms with Crippen molar-refractivity contribution in [2.45, 2.75) is 77.3 Å². The van der Waals surface area contributed by atoms with E-state index in [1.807, 2.05) is 7.05 Å². The van der Waals surface area contributed by atoms with Crippen LogP contribution in [0.4, 0.5) is 0 Å². The van der Waals surface area contributed by atoms with E-state index in [1.165, 1.54) is 24.0 Å². The summed E-state index contributed by atoms with van der Waals surface area (Å²) in [5, 5.41) is 3.59. The SMILES string of the molecule is CN=C(NCc1ccccc1CN(C)C(C)C)N1CCC(OCC2CCCCO2)CC1. The molecule has 0 amide bonds. The second kappa shape index (κ2) is 12.4. The van der Waals surface area contributed by atoms with E-state index < -0.39 is 0 Å². The van der Waals surface area contributed by atoms with Crippen molar-refractivity contribution in [3.63, 3.8) is 0 Å². The van der Waals surface area contributed by atoms with Crippen molar-refractivity contribution < 1.29 is 9.47 Å². The maximum Gasteiger partial charge on any atom is 0.193 e. The average molecular weight is 431 g/mol. The van der Waals surface area contributed by atoms with E-state index >= 15 is 0 Å². The van der Waals surface area contributed by atoms with Gasteiger partial charge in [0.25, 0.3) is 0 Å². The monoisotopic (exact) mass is 430 g/mol. The Morgan fingerprint density at radius 1 is 1.19 bits per heavy atom. The number of likely N-dealkylation sites (tertiary alicyclic amines) is 1. The van der Waals surface area contributed by atoms with Crippen LogP contribution in [0, 0.1) is 0 Å². The zero-order valence-electron chi connectivity index (χ0n) is 20.0. The molecule has 6 nitrogen and oxygen atoms in total. The summed E-state index contributed by atoms with van der Waals surface area (Å²) in [6, 6.07) is 9.24. The highest BCUT2D eigenvalue weighted by Crippen LogP contribution is 2.18. The molecule has 1 N–H and O–H groups in total. The predicted octanol–water partition coefficient (Wildman–Crippen LogP) is 3.65. The molecule has 174 valence electrons. The summed E-state index contributed by atoms with van der Waals surface area (Å²) < 4.78 is 12.0. The molecule has 0 aliphatic carbocycles. The molecule has 1 aromatic carbocycles. The Balaban J connectivity index is 1.45. The molecule has 2 aliphatic heterocycles. The van der Waals surface area contributed by atoms with Crippen LogP contribution in [0.2, 0.25) is 0 Å². The highest BCUT2D eigenvalue weighted by Gasteiger charge is 2.24. The third kappa shape index (κ3) is 7.48. The largest absolute Gasteiger partial charge is 0.376 e. The fourth-order valence-corrected chi connectivity index (χ4v) is 4.26. The maximum absolute atomic E-state index is 6.17. The first kappa shape index (κ1) is 24.0. The lowest BCUT2D eigenvalue weighted by molar-refractivity contribution is -0.0721. The third-order valence-corrected chi connectivity index (χ3v) is 6.60. The maximum atomic E-state index is 6.17. The summed E-state index contributed by atoms with van der Waals surface area (Å²) in [6.07, 6.45) is 6.34. The molecule has 3 rings (SSSR count). The molecule has 0 bridgehead atoms. The standard InChI is InChI=1S/C25H42N4O2/c1-20(2)28(4)18-22-10-6-5-9-21(22)17-27-25(26-3)29-14-12-23(13-15-29)31-19-24-11-7-8-16-30-24/h5-6,9-10,20,23-24H,7-8,11-19H2,1-4H3,(H,26,27). The van der Waals surface area contributed by atoms with Crippen LogP contribution >= 0.6 is 0 Å². The lowest BCUT2D eigenvalue weighted by Crippen LogP contribution is -2.47. The Labute approximate surface area is 189 Å². The minimum absolute atomic E-state index is 0.302. The summed E-state index contributed by atoms with van der Waals surface area (Å²) >= 11 is 0. The molecular formula is C25H42N4O2. The number of nitrogens with zero attached hydrogens (tertiary/aromatic N) is 3. The third-order valence-electron chi connectivity index (χ3n) is 6.60. The number of benzene rings is 1. The van der Waals surface area contributed by atoms with Gasteiger partial charge in [-0.15, -0.1) is 0 Å². The number of ether oxygens (including phenoxy) is 2. The molecule has 1 atom stereocenters. The Bertz CT molecular complexity index is 680. The minimum atomic E-state index is 0.302. The van der Waals surface area contributed by atoms with Crippen molar-refractivity contribution in [2.75, 3.05) is 40.4 Å². The van der Waals surface area contributed by atoms with Gasteiger partial charge in [-0.2, -0.15) is 0 Å². The topological polar surface area (TPSA) is 49.3 Å². The number of piperidine rings is 1. The van der Waals surface area contributed by atoms with E-state index in [2.05, 4.69) is 65.3 Å². The van der Waals surface area contributed by atoms with Gasteiger partial charge in [0.15, 0.2) is 5.96 Å². The number of aliphatic imine (C=N–C) groups is 1. The van der Waals surface area contributed by atoms with Crippen molar-refractivity contribution in [3.8, 4) is 0 Å². The summed E-state index contributed by atoms with van der Waals surface area (Å²) in [4.78, 5) is 9.28. The lowest BCUT2D eigenvalue weighted by atomic mass is 10.1. The highest BCUT2D eigenvalue weighted by atomic mass is 16.5. The van der Waals surface area contributed by atoms with E-state index in [4.69, 9.17) is 9.47 Å². The van der Waals surface area contributed by atoms with Crippen LogP contribution in [0.1, 0.15) is 57.1 Å². The minimum Gasteiger partial charge on any atom is -0.376 e. The van der Waals surface area contributed by atoms with Crippen LogP contribution in [0.5, 0.6) is 0 Å². The van der Waals surface area contributed by atoms with Gasteiger partial charge < -0.3 is 19.7 Å². The predicted molar refractivity (Wildman–Crippen MR) is 127 cm³/mol. The first-order chi connectivity index (χ1) is 15.1. The van der Waals surface area contributed by atoms with Crippen LogP contribution < -0.4 is 5.32 Å². The van der Waals surface area contributed by atoms with E-state index in [1.54, 1.807) is 0 Å². The van der Waals surface area contributed by atoms with Crippen molar-refractivity contribution in [2.24, 2.45) is 4.99 Å². The van der Waals surface area contributed by atoms with Crippen LogP contribution in [0.25, 0.3) is 0 Å². The molecule has 2 heterocycles. The van der Waals surface area contributed by atoms with Gasteiger partial charge in [-0.3, -0.25) is 9.89 Å². The molecular weight excluding hydrogens is 388 g/mol. The van der Waals surface area contributed by atoms with Crippen LogP contribution in [-0.2, 0) is 22.6 Å². The molecule has 0 saturated carbocycles. The summed E-state index contributed by atoms with van der Waals surface area (Å²) in [5.74, 6) is 0.987. The van der Waals surface area contributed by atoms with Crippen LogP contribution in [-0.4, -0.2) is 74.4 Å². The smallest absolute Gasteiger partial charge is 0.193 e. The average Bonchev–Trinajstić information content (AvgIpc) is 2.80. The second-order valence-electron chi connectivity index (χ2n) is 9.19. The number of guanidine groups is 1. The van der Waals surface area contributed by atoms with Gasteiger partial charge in [0.05, 0.1) is 18.8 Å². The quantitative estimate of drug-likeness (QED) is 0.504. The van der Waals surface area contributed by atoms with Gasteiger partial charge in [-0.05, 0) is 64.1 Å². The summed E-state index contributed by atoms with van der Waals surface area (Å²) in [6.45, 7) is 9.83. The first-order valence-electron chi connectivity index (χ1n) is 12.0. The summed E-state index contributed by atoms with van der Waals surface area (Å²) in [5.41, 5.74) is 2.71. The molecule has 6 heteroatoms. The van der Waals surface area contributed by atoms with Crippen LogP contribution in [0.3, 0.4) is 0 Å².